The minimum Gasteiger partial charge on any atom is -0.480 e. The fourth-order valence-corrected chi connectivity index (χ4v) is 2.19. The van der Waals surface area contributed by atoms with E-state index in [2.05, 4.69) is 29.4 Å². The van der Waals surface area contributed by atoms with E-state index in [9.17, 15) is 9.59 Å². The first-order valence-electron chi connectivity index (χ1n) is 7.81. The number of carbonyl (C=O) groups excluding carboxylic acids is 1. The number of ether oxygens (including phenoxy) is 1. The van der Waals surface area contributed by atoms with Crippen molar-refractivity contribution in [2.45, 2.75) is 33.7 Å². The third-order valence-corrected chi connectivity index (χ3v) is 3.64. The van der Waals surface area contributed by atoms with Crippen molar-refractivity contribution in [3.8, 4) is 5.88 Å². The number of hydrogen-bond acceptors (Lipinski definition) is 5. The van der Waals surface area contributed by atoms with Gasteiger partial charge in [0.15, 0.2) is 5.82 Å². The fourth-order valence-electron chi connectivity index (χ4n) is 2.19. The molecule has 128 valence electrons. The van der Waals surface area contributed by atoms with Gasteiger partial charge in [0.2, 0.25) is 5.88 Å². The molecule has 0 aliphatic rings. The van der Waals surface area contributed by atoms with E-state index < -0.39 is 5.91 Å². The summed E-state index contributed by atoms with van der Waals surface area (Å²) in [6, 6.07) is 4.93. The van der Waals surface area contributed by atoms with Crippen molar-refractivity contribution < 1.29 is 9.53 Å². The molecule has 0 saturated carbocycles. The van der Waals surface area contributed by atoms with Crippen LogP contribution in [0.15, 0.2) is 29.2 Å². The summed E-state index contributed by atoms with van der Waals surface area (Å²) in [7, 11) is 1.48. The van der Waals surface area contributed by atoms with Crippen LogP contribution in [0.1, 0.15) is 36.2 Å². The van der Waals surface area contributed by atoms with E-state index in [1.165, 1.54) is 7.11 Å². The van der Waals surface area contributed by atoms with Crippen LogP contribution in [0.5, 0.6) is 5.88 Å². The van der Waals surface area contributed by atoms with E-state index in [4.69, 9.17) is 4.74 Å². The van der Waals surface area contributed by atoms with Gasteiger partial charge in [-0.2, -0.15) is 0 Å². The SMILES string of the molecule is COc1ccc(NC(=O)c2c(C)ccn(CCC(C)C)c2=O)nn1. The molecular formula is C17H22N4O3. The number of amides is 1. The minimum atomic E-state index is -0.490. The van der Waals surface area contributed by atoms with Gasteiger partial charge < -0.3 is 14.6 Å². The second-order valence-corrected chi connectivity index (χ2v) is 5.97. The lowest BCUT2D eigenvalue weighted by Crippen LogP contribution is -2.30. The fraction of sp³-hybridized carbons (Fsp3) is 0.412. The maximum Gasteiger partial charge on any atom is 0.263 e. The van der Waals surface area contributed by atoms with Crippen LogP contribution in [-0.2, 0) is 6.54 Å². The van der Waals surface area contributed by atoms with E-state index in [0.29, 0.717) is 23.9 Å². The van der Waals surface area contributed by atoms with Crippen molar-refractivity contribution in [1.29, 1.82) is 0 Å². The van der Waals surface area contributed by atoms with Crippen molar-refractivity contribution in [2.24, 2.45) is 5.92 Å². The minimum absolute atomic E-state index is 0.124. The Hall–Kier alpha value is -2.70. The van der Waals surface area contributed by atoms with Crippen LogP contribution < -0.4 is 15.6 Å². The maximum absolute atomic E-state index is 12.6. The van der Waals surface area contributed by atoms with Gasteiger partial charge in [0.25, 0.3) is 11.5 Å². The number of hydrogen-bond donors (Lipinski definition) is 1. The second-order valence-electron chi connectivity index (χ2n) is 5.97. The van der Waals surface area contributed by atoms with Crippen LogP contribution in [0, 0.1) is 12.8 Å². The Balaban J connectivity index is 2.24. The highest BCUT2D eigenvalue weighted by Gasteiger charge is 2.16. The number of carbonyl (C=O) groups is 1. The van der Waals surface area contributed by atoms with Gasteiger partial charge in [-0.3, -0.25) is 9.59 Å². The summed E-state index contributed by atoms with van der Waals surface area (Å²) < 4.78 is 6.49. The summed E-state index contributed by atoms with van der Waals surface area (Å²) in [6.07, 6.45) is 2.60. The van der Waals surface area contributed by atoms with Crippen molar-refractivity contribution in [3.63, 3.8) is 0 Å². The summed E-state index contributed by atoms with van der Waals surface area (Å²) in [6.45, 7) is 6.51. The van der Waals surface area contributed by atoms with Gasteiger partial charge in [-0.15, -0.1) is 10.2 Å². The zero-order valence-electron chi connectivity index (χ0n) is 14.4. The number of methoxy groups -OCH3 is 1. The highest BCUT2D eigenvalue weighted by atomic mass is 16.5. The number of aryl methyl sites for hydroxylation is 2. The van der Waals surface area contributed by atoms with E-state index in [1.807, 2.05) is 0 Å². The molecule has 0 aromatic carbocycles. The molecular weight excluding hydrogens is 308 g/mol. The Morgan fingerprint density at radius 3 is 2.62 bits per heavy atom. The van der Waals surface area contributed by atoms with Crippen LogP contribution in [0.2, 0.25) is 0 Å². The maximum atomic E-state index is 12.6. The molecule has 0 saturated heterocycles. The summed E-state index contributed by atoms with van der Waals surface area (Å²) in [4.78, 5) is 25.1. The van der Waals surface area contributed by atoms with Crippen molar-refractivity contribution in [2.75, 3.05) is 12.4 Å². The lowest BCUT2D eigenvalue weighted by molar-refractivity contribution is 0.102. The summed E-state index contributed by atoms with van der Waals surface area (Å²) in [5.41, 5.74) is 0.452. The van der Waals surface area contributed by atoms with Crippen LogP contribution in [0.4, 0.5) is 5.82 Å². The average molecular weight is 330 g/mol. The molecule has 7 heteroatoms. The van der Waals surface area contributed by atoms with Gasteiger partial charge in [-0.25, -0.2) is 0 Å². The van der Waals surface area contributed by atoms with Crippen LogP contribution >= 0.6 is 0 Å². The van der Waals surface area contributed by atoms with Gasteiger partial charge in [-0.1, -0.05) is 13.8 Å². The summed E-state index contributed by atoms with van der Waals surface area (Å²) in [5, 5.41) is 10.2. The molecule has 0 fully saturated rings. The molecule has 2 heterocycles. The van der Waals surface area contributed by atoms with Gasteiger partial charge in [0.05, 0.1) is 7.11 Å². The molecule has 2 aromatic heterocycles. The van der Waals surface area contributed by atoms with Gasteiger partial charge >= 0.3 is 0 Å². The van der Waals surface area contributed by atoms with Crippen LogP contribution in [0.3, 0.4) is 0 Å². The Morgan fingerprint density at radius 2 is 2.04 bits per heavy atom. The zero-order chi connectivity index (χ0) is 17.7. The largest absolute Gasteiger partial charge is 0.480 e. The van der Waals surface area contributed by atoms with E-state index in [-0.39, 0.29) is 16.9 Å². The Morgan fingerprint density at radius 1 is 1.29 bits per heavy atom. The van der Waals surface area contributed by atoms with Crippen LogP contribution in [0.25, 0.3) is 0 Å². The smallest absolute Gasteiger partial charge is 0.263 e. The number of aromatic nitrogens is 3. The summed E-state index contributed by atoms with van der Waals surface area (Å²) in [5.74, 6) is 0.595. The highest BCUT2D eigenvalue weighted by Crippen LogP contribution is 2.10. The normalized spacial score (nSPS) is 10.7. The predicted molar refractivity (Wildman–Crippen MR) is 91.4 cm³/mol. The van der Waals surface area contributed by atoms with Crippen molar-refractivity contribution >= 4 is 11.7 Å². The molecule has 0 bridgehead atoms. The molecule has 0 atom stereocenters. The number of anilines is 1. The first-order chi connectivity index (χ1) is 11.4. The Labute approximate surface area is 140 Å². The molecule has 0 unspecified atom stereocenters. The van der Waals surface area contributed by atoms with Crippen molar-refractivity contribution in [3.05, 3.63) is 45.9 Å². The van der Waals surface area contributed by atoms with E-state index >= 15 is 0 Å². The van der Waals surface area contributed by atoms with Gasteiger partial charge in [0.1, 0.15) is 5.56 Å². The molecule has 0 aliphatic carbocycles. The first kappa shape index (κ1) is 17.7. The third-order valence-electron chi connectivity index (χ3n) is 3.64. The van der Waals surface area contributed by atoms with Gasteiger partial charge in [-0.05, 0) is 37.0 Å². The predicted octanol–water partition coefficient (Wildman–Crippen LogP) is 2.25. The highest BCUT2D eigenvalue weighted by molar-refractivity contribution is 6.04. The molecule has 1 N–H and O–H groups in total. The topological polar surface area (TPSA) is 86.1 Å². The molecule has 0 aliphatic heterocycles. The molecule has 7 nitrogen and oxygen atoms in total. The molecule has 0 spiro atoms. The van der Waals surface area contributed by atoms with Gasteiger partial charge in [0, 0.05) is 18.8 Å². The summed E-state index contributed by atoms with van der Waals surface area (Å²) >= 11 is 0. The average Bonchev–Trinajstić information content (AvgIpc) is 2.54. The zero-order valence-corrected chi connectivity index (χ0v) is 14.4. The Bertz CT molecular complexity index is 766. The first-order valence-corrected chi connectivity index (χ1v) is 7.81. The molecule has 24 heavy (non-hydrogen) atoms. The molecule has 2 rings (SSSR count). The second kappa shape index (κ2) is 7.72. The number of rotatable bonds is 6. The quantitative estimate of drug-likeness (QED) is 0.878. The van der Waals surface area contributed by atoms with Crippen LogP contribution in [-0.4, -0.2) is 27.8 Å². The lowest BCUT2D eigenvalue weighted by Gasteiger charge is -2.12. The lowest BCUT2D eigenvalue weighted by atomic mass is 10.1. The van der Waals surface area contributed by atoms with Crippen molar-refractivity contribution in [1.82, 2.24) is 14.8 Å². The molecule has 2 aromatic rings. The Kier molecular flexibility index (Phi) is 5.68. The monoisotopic (exact) mass is 330 g/mol. The number of pyridine rings is 1. The molecule has 0 radical (unpaired) electrons. The third kappa shape index (κ3) is 4.18. The molecule has 1 amide bonds. The number of nitrogens with one attached hydrogen (secondary N) is 1. The van der Waals surface area contributed by atoms with E-state index in [0.717, 1.165) is 6.42 Å². The number of nitrogens with zero attached hydrogens (tertiary/aromatic N) is 3. The van der Waals surface area contributed by atoms with E-state index in [1.54, 1.807) is 35.9 Å². The standard InChI is InChI=1S/C17H22N4O3/c1-11(2)7-9-21-10-8-12(3)15(17(21)23)16(22)18-13-5-6-14(24-4)20-19-13/h5-6,8,10-11H,7,9H2,1-4H3,(H,18,19,22).